The molecule has 8 heteroatoms. The smallest absolute Gasteiger partial charge is 0.306 e. The molecule has 0 radical (unpaired) electrons. The molecule has 266 valence electrons. The number of hydrogen-bond donors (Lipinski definition) is 0. The zero-order chi connectivity index (χ0) is 34.4. The molecule has 0 heterocycles. The molecule has 48 heavy (non-hydrogen) atoms. The van der Waals surface area contributed by atoms with Crippen LogP contribution in [0.2, 0.25) is 0 Å². The first-order chi connectivity index (χ1) is 23.5. The number of carbonyl (C=O) groups is 2. The van der Waals surface area contributed by atoms with Gasteiger partial charge in [0.25, 0.3) is 0 Å². The largest absolute Gasteiger partial charge is 0.488 e. The van der Waals surface area contributed by atoms with Crippen LogP contribution in [0, 0.1) is 0 Å². The highest BCUT2D eigenvalue weighted by molar-refractivity contribution is 6.11. The summed E-state index contributed by atoms with van der Waals surface area (Å²) in [5.41, 5.74) is 0. The molecule has 0 spiro atoms. The second kappa shape index (κ2) is 23.1. The van der Waals surface area contributed by atoms with Gasteiger partial charge in [-0.15, -0.1) is 0 Å². The third-order valence-corrected chi connectivity index (χ3v) is 8.06. The van der Waals surface area contributed by atoms with Gasteiger partial charge in [-0.1, -0.05) is 115 Å². The van der Waals surface area contributed by atoms with Crippen molar-refractivity contribution >= 4 is 33.5 Å². The van der Waals surface area contributed by atoms with Gasteiger partial charge in [0.05, 0.1) is 13.2 Å². The maximum atomic E-state index is 12.5. The monoisotopic (exact) mass is 666 g/mol. The van der Waals surface area contributed by atoms with Crippen LogP contribution in [0.25, 0.3) is 21.5 Å². The van der Waals surface area contributed by atoms with E-state index in [0.717, 1.165) is 60.1 Å². The minimum Gasteiger partial charge on any atom is -0.488 e. The molecular weight excluding hydrogens is 608 g/mol. The minimum absolute atomic E-state index is 0.156. The lowest BCUT2D eigenvalue weighted by Gasteiger charge is -2.23. The second-order valence-corrected chi connectivity index (χ2v) is 12.4. The van der Waals surface area contributed by atoms with Gasteiger partial charge in [0, 0.05) is 47.6 Å². The summed E-state index contributed by atoms with van der Waals surface area (Å²) in [5, 5.41) is 3.49. The summed E-state index contributed by atoms with van der Waals surface area (Å²) in [5.74, 6) is 0.875. The maximum Gasteiger partial charge on any atom is 0.306 e. The van der Waals surface area contributed by atoms with E-state index in [-0.39, 0.29) is 38.4 Å². The van der Waals surface area contributed by atoms with E-state index < -0.39 is 12.2 Å². The van der Waals surface area contributed by atoms with Crippen LogP contribution in [-0.2, 0) is 28.5 Å². The Morgan fingerprint density at radius 1 is 0.500 bits per heavy atom. The molecule has 0 fully saturated rings. The van der Waals surface area contributed by atoms with Crippen LogP contribution in [0.15, 0.2) is 48.5 Å². The third-order valence-electron chi connectivity index (χ3n) is 8.06. The van der Waals surface area contributed by atoms with E-state index in [4.69, 9.17) is 28.4 Å². The fourth-order valence-corrected chi connectivity index (χ4v) is 5.53. The van der Waals surface area contributed by atoms with Gasteiger partial charge in [0.1, 0.15) is 24.7 Å². The second-order valence-electron chi connectivity index (χ2n) is 12.4. The lowest BCUT2D eigenvalue weighted by Crippen LogP contribution is -2.30. The first-order valence-corrected chi connectivity index (χ1v) is 18.3. The van der Waals surface area contributed by atoms with Gasteiger partial charge < -0.3 is 28.4 Å². The Balaban J connectivity index is 1.83. The van der Waals surface area contributed by atoms with Gasteiger partial charge in [-0.3, -0.25) is 9.59 Å². The van der Waals surface area contributed by atoms with Crippen LogP contribution in [0.4, 0.5) is 0 Å². The Bertz CT molecular complexity index is 1200. The lowest BCUT2D eigenvalue weighted by atomic mass is 10.0. The molecule has 2 unspecified atom stereocenters. The lowest BCUT2D eigenvalue weighted by molar-refractivity contribution is -0.155. The zero-order valence-electron chi connectivity index (χ0n) is 29.8. The van der Waals surface area contributed by atoms with Crippen molar-refractivity contribution in [2.45, 2.75) is 117 Å². The summed E-state index contributed by atoms with van der Waals surface area (Å²) in [6, 6.07) is 15.9. The van der Waals surface area contributed by atoms with Crippen LogP contribution in [0.1, 0.15) is 105 Å². The Kier molecular flexibility index (Phi) is 18.8. The molecule has 0 N–H and O–H groups in total. The van der Waals surface area contributed by atoms with Crippen LogP contribution in [0.5, 0.6) is 11.5 Å². The van der Waals surface area contributed by atoms with Crippen molar-refractivity contribution in [2.75, 3.05) is 39.6 Å². The molecule has 3 aromatic carbocycles. The molecule has 0 bridgehead atoms. The fourth-order valence-electron chi connectivity index (χ4n) is 5.53. The number of benzene rings is 3. The molecular formula is C40H58O8. The van der Waals surface area contributed by atoms with Crippen molar-refractivity contribution in [1.82, 2.24) is 0 Å². The van der Waals surface area contributed by atoms with Gasteiger partial charge in [0.15, 0.2) is 12.2 Å². The molecule has 0 aliphatic heterocycles. The standard InChI is InChI=1S/C40H58O8/c1-5-9-11-17-25-43-27-31(47-37(41)19-7-3)29-45-39-33-21-13-15-23-35(33)40(36-24-16-14-22-34(36)39)46-30-32(48-38(42)20-8-4)28-44-26-18-12-10-6-2/h13-16,21-24,31-32H,5-12,17-20,25-30H2,1-4H3. The molecule has 3 aromatic rings. The Hall–Kier alpha value is -3.36. The Morgan fingerprint density at radius 3 is 1.21 bits per heavy atom. The molecule has 0 saturated carbocycles. The van der Waals surface area contributed by atoms with E-state index in [1.807, 2.05) is 62.4 Å². The van der Waals surface area contributed by atoms with Crippen LogP contribution < -0.4 is 9.47 Å². The first-order valence-electron chi connectivity index (χ1n) is 18.3. The summed E-state index contributed by atoms with van der Waals surface area (Å²) in [4.78, 5) is 24.9. The number of ether oxygens (including phenoxy) is 6. The SMILES string of the molecule is CCCCCCOCC(COc1c2ccccc2c(OCC(COCCCCCC)OC(=O)CCC)c2ccccc12)OC(=O)CCC. The highest BCUT2D eigenvalue weighted by Gasteiger charge is 2.22. The molecule has 0 aromatic heterocycles. The number of esters is 2. The highest BCUT2D eigenvalue weighted by Crippen LogP contribution is 2.42. The van der Waals surface area contributed by atoms with Crippen molar-refractivity contribution in [3.05, 3.63) is 48.5 Å². The van der Waals surface area contributed by atoms with E-state index >= 15 is 0 Å². The van der Waals surface area contributed by atoms with Gasteiger partial charge >= 0.3 is 11.9 Å². The Labute approximate surface area is 287 Å². The summed E-state index contributed by atoms with van der Waals surface area (Å²) in [7, 11) is 0. The number of fused-ring (bicyclic) bond motifs is 2. The molecule has 0 amide bonds. The number of rotatable bonds is 26. The minimum atomic E-state index is -0.538. The normalized spacial score (nSPS) is 12.6. The summed E-state index contributed by atoms with van der Waals surface area (Å²) < 4.78 is 36.5. The predicted octanol–water partition coefficient (Wildman–Crippen LogP) is 9.37. The number of unbranched alkanes of at least 4 members (excludes halogenated alkanes) is 6. The maximum absolute atomic E-state index is 12.5. The fraction of sp³-hybridized carbons (Fsp3) is 0.600. The molecule has 0 saturated heterocycles. The van der Waals surface area contributed by atoms with E-state index in [0.29, 0.717) is 50.4 Å². The topological polar surface area (TPSA) is 89.5 Å². The molecule has 0 aliphatic carbocycles. The quantitative estimate of drug-likeness (QED) is 0.0476. The highest BCUT2D eigenvalue weighted by atomic mass is 16.6. The van der Waals surface area contributed by atoms with Crippen molar-refractivity contribution in [1.29, 1.82) is 0 Å². The molecule has 2 atom stereocenters. The van der Waals surface area contributed by atoms with Crippen LogP contribution in [-0.4, -0.2) is 63.8 Å². The predicted molar refractivity (Wildman–Crippen MR) is 192 cm³/mol. The van der Waals surface area contributed by atoms with E-state index in [1.165, 1.54) is 12.8 Å². The summed E-state index contributed by atoms with van der Waals surface area (Å²) in [6.07, 6.45) is 9.93. The summed E-state index contributed by atoms with van der Waals surface area (Å²) >= 11 is 0. The number of carbonyl (C=O) groups excluding carboxylic acids is 2. The molecule has 0 aliphatic rings. The van der Waals surface area contributed by atoms with Crippen molar-refractivity contribution in [3.63, 3.8) is 0 Å². The average Bonchev–Trinajstić information content (AvgIpc) is 3.09. The van der Waals surface area contributed by atoms with Crippen molar-refractivity contribution in [2.24, 2.45) is 0 Å². The average molecular weight is 667 g/mol. The zero-order valence-corrected chi connectivity index (χ0v) is 29.8. The van der Waals surface area contributed by atoms with Crippen molar-refractivity contribution < 1.29 is 38.0 Å². The van der Waals surface area contributed by atoms with Gasteiger partial charge in [0.2, 0.25) is 0 Å². The van der Waals surface area contributed by atoms with E-state index in [2.05, 4.69) is 13.8 Å². The molecule has 8 nitrogen and oxygen atoms in total. The summed E-state index contributed by atoms with van der Waals surface area (Å²) in [6.45, 7) is 10.4. The van der Waals surface area contributed by atoms with Gasteiger partial charge in [-0.2, -0.15) is 0 Å². The molecule has 3 rings (SSSR count). The Morgan fingerprint density at radius 2 is 0.875 bits per heavy atom. The first kappa shape index (κ1) is 39.1. The van der Waals surface area contributed by atoms with E-state index in [1.54, 1.807) is 0 Å². The van der Waals surface area contributed by atoms with Gasteiger partial charge in [-0.25, -0.2) is 0 Å². The van der Waals surface area contributed by atoms with Crippen molar-refractivity contribution in [3.8, 4) is 11.5 Å². The van der Waals surface area contributed by atoms with Crippen LogP contribution >= 0.6 is 0 Å². The van der Waals surface area contributed by atoms with Gasteiger partial charge in [-0.05, 0) is 25.7 Å². The number of hydrogen-bond acceptors (Lipinski definition) is 8. The van der Waals surface area contributed by atoms with Crippen LogP contribution in [0.3, 0.4) is 0 Å². The third kappa shape index (κ3) is 13.3. The van der Waals surface area contributed by atoms with E-state index in [9.17, 15) is 9.59 Å².